The van der Waals surface area contributed by atoms with E-state index in [9.17, 15) is 4.79 Å². The first kappa shape index (κ1) is 28.3. The quantitative estimate of drug-likeness (QED) is 0.395. The van der Waals surface area contributed by atoms with Crippen molar-refractivity contribution in [1.29, 1.82) is 0 Å². The van der Waals surface area contributed by atoms with Crippen LogP contribution in [0.2, 0.25) is 0 Å². The van der Waals surface area contributed by atoms with Crippen LogP contribution in [0.5, 0.6) is 0 Å². The smallest absolute Gasteiger partial charge is 0.410 e. The second kappa shape index (κ2) is 12.9. The molecule has 2 atom stereocenters. The summed E-state index contributed by atoms with van der Waals surface area (Å²) in [6.07, 6.45) is 2.81. The Morgan fingerprint density at radius 1 is 1.08 bits per heavy atom. The van der Waals surface area contributed by atoms with E-state index in [1.165, 1.54) is 0 Å². The van der Waals surface area contributed by atoms with Gasteiger partial charge in [0.25, 0.3) is 0 Å². The summed E-state index contributed by atoms with van der Waals surface area (Å²) in [4.78, 5) is 31.3. The molecule has 1 saturated heterocycles. The topological polar surface area (TPSA) is 92.7 Å². The summed E-state index contributed by atoms with van der Waals surface area (Å²) in [7, 11) is 3.97. The molecule has 0 spiro atoms. The third-order valence-electron chi connectivity index (χ3n) is 6.95. The number of nitrogens with zero attached hydrogens (tertiary/aromatic N) is 5. The van der Waals surface area contributed by atoms with E-state index >= 15 is 0 Å². The number of likely N-dealkylation sites (tertiary alicyclic amines) is 1. The van der Waals surface area contributed by atoms with Gasteiger partial charge in [-0.05, 0) is 43.9 Å². The monoisotopic (exact) mass is 532 g/mol. The van der Waals surface area contributed by atoms with Crippen LogP contribution in [0.1, 0.15) is 43.3 Å². The first-order valence-electron chi connectivity index (χ1n) is 13.7. The van der Waals surface area contributed by atoms with Crippen LogP contribution in [-0.2, 0) is 28.9 Å². The minimum absolute atomic E-state index is 0.132. The zero-order chi connectivity index (χ0) is 27.9. The number of ether oxygens (including phenoxy) is 2. The Labute approximate surface area is 231 Å². The molecule has 39 heavy (non-hydrogen) atoms. The minimum atomic E-state index is -0.344. The van der Waals surface area contributed by atoms with Crippen molar-refractivity contribution in [1.82, 2.24) is 19.9 Å². The van der Waals surface area contributed by atoms with Crippen LogP contribution >= 0.6 is 0 Å². The average molecular weight is 533 g/mol. The molecule has 3 heterocycles. The van der Waals surface area contributed by atoms with Crippen LogP contribution in [0.3, 0.4) is 0 Å². The van der Waals surface area contributed by atoms with Crippen LogP contribution < -0.4 is 10.2 Å². The maximum Gasteiger partial charge on any atom is 0.410 e. The fourth-order valence-electron chi connectivity index (χ4n) is 4.79. The molecule has 1 aliphatic heterocycles. The highest BCUT2D eigenvalue weighted by Crippen LogP contribution is 2.29. The number of pyridine rings is 1. The first-order valence-corrected chi connectivity index (χ1v) is 13.7. The lowest BCUT2D eigenvalue weighted by atomic mass is 10.0. The summed E-state index contributed by atoms with van der Waals surface area (Å²) >= 11 is 0. The van der Waals surface area contributed by atoms with Crippen molar-refractivity contribution in [2.24, 2.45) is 0 Å². The number of nitrogens with one attached hydrogen (secondary N) is 1. The molecular weight excluding hydrogens is 492 g/mol. The highest BCUT2D eigenvalue weighted by molar-refractivity contribution is 5.69. The van der Waals surface area contributed by atoms with Crippen molar-refractivity contribution in [3.8, 4) is 11.3 Å². The van der Waals surface area contributed by atoms with Gasteiger partial charge in [0.15, 0.2) is 0 Å². The van der Waals surface area contributed by atoms with Gasteiger partial charge in [0.05, 0.1) is 35.8 Å². The molecule has 9 heteroatoms. The molecule has 1 amide bonds. The van der Waals surface area contributed by atoms with E-state index in [4.69, 9.17) is 19.4 Å². The molecule has 1 N–H and O–H groups in total. The van der Waals surface area contributed by atoms with Gasteiger partial charge in [-0.3, -0.25) is 0 Å². The SMILES string of the molecule is CCO[C@H]1CN(C(=O)OCc2ccccc2)C[C@H]1Nc1nc(CC)c(-c2cnc(N(C)C)cc2C)nc1CC. The Morgan fingerprint density at radius 3 is 2.46 bits per heavy atom. The van der Waals surface area contributed by atoms with Gasteiger partial charge in [-0.1, -0.05) is 44.2 Å². The summed E-state index contributed by atoms with van der Waals surface area (Å²) in [5.74, 6) is 1.65. The number of hydrogen-bond donors (Lipinski definition) is 1. The van der Waals surface area contributed by atoms with Crippen molar-refractivity contribution in [2.45, 2.75) is 59.3 Å². The zero-order valence-electron chi connectivity index (χ0n) is 23.9. The summed E-state index contributed by atoms with van der Waals surface area (Å²) in [6, 6.07) is 11.6. The van der Waals surface area contributed by atoms with Gasteiger partial charge >= 0.3 is 6.09 Å². The minimum Gasteiger partial charge on any atom is -0.445 e. The predicted molar refractivity (Wildman–Crippen MR) is 154 cm³/mol. The fourth-order valence-corrected chi connectivity index (χ4v) is 4.79. The molecule has 9 nitrogen and oxygen atoms in total. The Hall–Kier alpha value is -3.72. The Balaban J connectivity index is 1.54. The number of benzene rings is 1. The number of anilines is 2. The van der Waals surface area contributed by atoms with E-state index < -0.39 is 0 Å². The van der Waals surface area contributed by atoms with Gasteiger partial charge in [-0.2, -0.15) is 0 Å². The molecule has 208 valence electrons. The second-order valence-corrected chi connectivity index (χ2v) is 9.96. The Morgan fingerprint density at radius 2 is 1.82 bits per heavy atom. The van der Waals surface area contributed by atoms with E-state index in [2.05, 4.69) is 37.1 Å². The summed E-state index contributed by atoms with van der Waals surface area (Å²) in [6.45, 7) is 9.92. The average Bonchev–Trinajstić information content (AvgIpc) is 3.34. The van der Waals surface area contributed by atoms with Crippen LogP contribution in [0.4, 0.5) is 16.4 Å². The van der Waals surface area contributed by atoms with Crippen molar-refractivity contribution in [3.63, 3.8) is 0 Å². The number of rotatable bonds is 10. The molecule has 0 radical (unpaired) electrons. The molecule has 3 aromatic rings. The molecule has 0 unspecified atom stereocenters. The zero-order valence-corrected chi connectivity index (χ0v) is 23.9. The third kappa shape index (κ3) is 6.65. The number of aryl methyl sites for hydroxylation is 3. The number of amides is 1. The number of carbonyl (C=O) groups excluding carboxylic acids is 1. The van der Waals surface area contributed by atoms with Gasteiger partial charge < -0.3 is 24.6 Å². The van der Waals surface area contributed by atoms with Crippen LogP contribution in [0.15, 0.2) is 42.6 Å². The molecule has 0 aliphatic carbocycles. The van der Waals surface area contributed by atoms with Crippen LogP contribution in [-0.4, -0.2) is 71.9 Å². The lowest BCUT2D eigenvalue weighted by molar-refractivity contribution is 0.0580. The molecule has 1 aromatic carbocycles. The maximum absolute atomic E-state index is 12.9. The summed E-state index contributed by atoms with van der Waals surface area (Å²) < 4.78 is 11.6. The van der Waals surface area contributed by atoms with Gasteiger partial charge in [-0.15, -0.1) is 0 Å². The Bertz CT molecular complexity index is 1270. The summed E-state index contributed by atoms with van der Waals surface area (Å²) in [5.41, 5.74) is 5.71. The standard InChI is InChI=1S/C30H40N6O3/c1-7-23-28(22-16-31-27(35(5)6)15-20(22)4)32-24(8-2)29(33-23)34-25-17-36(18-26(25)38-9-3)30(37)39-19-21-13-11-10-12-14-21/h10-16,25-26H,7-9,17-19H2,1-6H3,(H,33,34)/t25-,26+/m1/s1. The molecule has 4 rings (SSSR count). The van der Waals surface area contributed by atoms with Gasteiger partial charge in [0.2, 0.25) is 0 Å². The normalized spacial score (nSPS) is 16.8. The molecule has 0 bridgehead atoms. The highest BCUT2D eigenvalue weighted by Gasteiger charge is 2.37. The van der Waals surface area contributed by atoms with Crippen molar-refractivity contribution in [2.75, 3.05) is 44.0 Å². The first-order chi connectivity index (χ1) is 18.8. The molecular formula is C30H40N6O3. The lowest BCUT2D eigenvalue weighted by Crippen LogP contribution is -2.35. The van der Waals surface area contributed by atoms with Crippen molar-refractivity contribution >= 4 is 17.7 Å². The van der Waals surface area contributed by atoms with Crippen molar-refractivity contribution in [3.05, 3.63) is 65.1 Å². The second-order valence-electron chi connectivity index (χ2n) is 9.96. The van der Waals surface area contributed by atoms with Crippen molar-refractivity contribution < 1.29 is 14.3 Å². The third-order valence-corrected chi connectivity index (χ3v) is 6.95. The lowest BCUT2D eigenvalue weighted by Gasteiger charge is -2.22. The van der Waals surface area contributed by atoms with Crippen LogP contribution in [0.25, 0.3) is 11.3 Å². The molecule has 0 saturated carbocycles. The maximum atomic E-state index is 12.9. The van der Waals surface area contributed by atoms with E-state index in [1.54, 1.807) is 4.90 Å². The highest BCUT2D eigenvalue weighted by atomic mass is 16.6. The molecule has 2 aromatic heterocycles. The van der Waals surface area contributed by atoms with E-state index in [1.807, 2.05) is 62.4 Å². The number of hydrogen-bond acceptors (Lipinski definition) is 8. The number of aromatic nitrogens is 3. The molecule has 1 fully saturated rings. The summed E-state index contributed by atoms with van der Waals surface area (Å²) in [5, 5.41) is 3.58. The molecule has 1 aliphatic rings. The number of carbonyl (C=O) groups is 1. The Kier molecular flexibility index (Phi) is 9.35. The largest absolute Gasteiger partial charge is 0.445 e. The van der Waals surface area contributed by atoms with Gasteiger partial charge in [-0.25, -0.2) is 19.7 Å². The van der Waals surface area contributed by atoms with Crippen LogP contribution in [0, 0.1) is 6.92 Å². The van der Waals surface area contributed by atoms with Gasteiger partial charge in [0, 0.05) is 39.0 Å². The predicted octanol–water partition coefficient (Wildman–Crippen LogP) is 4.88. The van der Waals surface area contributed by atoms with E-state index in [0.717, 1.165) is 51.8 Å². The van der Waals surface area contributed by atoms with Gasteiger partial charge in [0.1, 0.15) is 18.2 Å². The van der Waals surface area contributed by atoms with E-state index in [0.29, 0.717) is 26.1 Å². The van der Waals surface area contributed by atoms with E-state index in [-0.39, 0.29) is 24.8 Å². The fraction of sp³-hybridized carbons (Fsp3) is 0.467.